The van der Waals surface area contributed by atoms with Gasteiger partial charge in [-0.15, -0.1) is 0 Å². The number of fused-ring (bicyclic) bond motifs is 1. The second-order valence-electron chi connectivity index (χ2n) is 14.9. The first-order valence-corrected chi connectivity index (χ1v) is 18.0. The third-order valence-corrected chi connectivity index (χ3v) is 9.71. The average molecular weight is 731 g/mol. The number of hydrogen-bond acceptors (Lipinski definition) is 3. The summed E-state index contributed by atoms with van der Waals surface area (Å²) in [4.78, 5) is 9.96. The molecule has 272 valence electrons. The summed E-state index contributed by atoms with van der Waals surface area (Å²) in [5, 5.41) is 11.3. The molecule has 0 saturated carbocycles. The number of aromatic nitrogens is 3. The van der Waals surface area contributed by atoms with Gasteiger partial charge in [-0.25, -0.2) is 4.98 Å². The zero-order chi connectivity index (χ0) is 49.5. The number of imidazole rings is 1. The Morgan fingerprint density at radius 3 is 2.07 bits per heavy atom. The summed E-state index contributed by atoms with van der Waals surface area (Å²) in [6.07, 6.45) is 1.43. The number of hydrogen-bond donors (Lipinski definition) is 1. The molecule has 0 bridgehead atoms. The van der Waals surface area contributed by atoms with Crippen molar-refractivity contribution in [3.8, 4) is 67.5 Å². The third kappa shape index (κ3) is 7.08. The lowest BCUT2D eigenvalue weighted by molar-refractivity contribution is 0.477. The van der Waals surface area contributed by atoms with Crippen LogP contribution >= 0.6 is 0 Å². The molecule has 0 aliphatic rings. The fourth-order valence-corrected chi connectivity index (χ4v) is 6.88. The number of phenols is 1. The molecule has 2 heterocycles. The van der Waals surface area contributed by atoms with Crippen molar-refractivity contribution in [1.29, 1.82) is 0 Å². The van der Waals surface area contributed by atoms with Crippen LogP contribution in [0, 0.1) is 6.92 Å². The minimum Gasteiger partial charge on any atom is -0.507 e. The molecular formula is C51H47N3O. The quantitative estimate of drug-likeness (QED) is 0.185. The maximum Gasteiger partial charge on any atom is 0.149 e. The second kappa shape index (κ2) is 13.9. The van der Waals surface area contributed by atoms with Crippen LogP contribution in [-0.2, 0) is 10.8 Å². The molecule has 0 amide bonds. The first-order chi connectivity index (χ1) is 31.8. The molecular weight excluding hydrogens is 671 g/mol. The summed E-state index contributed by atoms with van der Waals surface area (Å²) in [6, 6.07) is 34.6. The van der Waals surface area contributed by atoms with Crippen molar-refractivity contribution in [3.63, 3.8) is 0 Å². The Hall–Kier alpha value is -6.26. The lowest BCUT2D eigenvalue weighted by atomic mass is 9.83. The Bertz CT molecular complexity index is 3190. The highest BCUT2D eigenvalue weighted by molar-refractivity contribution is 5.97. The van der Waals surface area contributed by atoms with E-state index in [2.05, 4.69) is 66.7 Å². The highest BCUT2D eigenvalue weighted by Crippen LogP contribution is 2.41. The van der Waals surface area contributed by atoms with E-state index in [-0.39, 0.29) is 16.9 Å². The van der Waals surface area contributed by atoms with Gasteiger partial charge >= 0.3 is 0 Å². The fourth-order valence-electron chi connectivity index (χ4n) is 6.88. The van der Waals surface area contributed by atoms with Gasteiger partial charge in [0.05, 0.1) is 27.8 Å². The second-order valence-corrected chi connectivity index (χ2v) is 14.9. The molecule has 0 spiro atoms. The SMILES string of the molecule is [2H]c1c([2H])c(C(C([2H])([2H])[2H])(C([2H])([2H])[2H])C([2H])([2H])[2H])c([2H])c([2H])c1-c1ccnc(-c2cc(-c3cccc4c3nc(-c3ccccc3O)n4-c3cc(C)cc(-c4ccccc4)c3)cc(C(C)(C)C)c2)c1. The Labute approximate surface area is 343 Å². The maximum absolute atomic E-state index is 11.3. The van der Waals surface area contributed by atoms with E-state index in [1.165, 1.54) is 12.3 Å². The molecule has 6 aromatic carbocycles. The van der Waals surface area contributed by atoms with Crippen molar-refractivity contribution in [2.24, 2.45) is 0 Å². The van der Waals surface area contributed by atoms with E-state index >= 15 is 0 Å². The van der Waals surface area contributed by atoms with Gasteiger partial charge in [-0.3, -0.25) is 9.55 Å². The number of phenolic OH excluding ortho intramolecular Hbond substituents is 1. The summed E-state index contributed by atoms with van der Waals surface area (Å²) in [5.41, 5.74) is 3.83. The van der Waals surface area contributed by atoms with Crippen LogP contribution in [0.1, 0.15) is 75.8 Å². The molecule has 0 saturated heterocycles. The Kier molecular flexibility index (Phi) is 5.93. The number of rotatable bonds is 6. The molecule has 0 radical (unpaired) electrons. The molecule has 55 heavy (non-hydrogen) atoms. The van der Waals surface area contributed by atoms with Gasteiger partial charge in [0.2, 0.25) is 0 Å². The number of aryl methyl sites for hydroxylation is 1. The standard InChI is InChI=1S/C51H47N3O/c1-33-26-37(34-14-9-8-10-15-34)31-42(27-33)54-46-18-13-17-43(48(46)53-49(54)44-16-11-12-19-47(44)55)38-28-39(30-41(29-38)51(5,6)7)45-32-36(24-25-52-45)35-20-22-40(23-21-35)50(2,3)4/h8-32,55H,1-7H3/i2D3,3D3,4D3,20D,21D,22D,23D. The first kappa shape index (κ1) is 23.5. The largest absolute Gasteiger partial charge is 0.507 e. The Morgan fingerprint density at radius 2 is 1.33 bits per heavy atom. The van der Waals surface area contributed by atoms with Gasteiger partial charge in [0.25, 0.3) is 0 Å². The van der Waals surface area contributed by atoms with Gasteiger partial charge in [0.15, 0.2) is 0 Å². The molecule has 0 fully saturated rings. The first-order valence-electron chi connectivity index (χ1n) is 24.5. The summed E-state index contributed by atoms with van der Waals surface area (Å²) in [5.74, 6) is 0.587. The zero-order valence-corrected chi connectivity index (χ0v) is 30.9. The molecule has 0 aliphatic carbocycles. The minimum absolute atomic E-state index is 0.0621. The monoisotopic (exact) mass is 730 g/mol. The van der Waals surface area contributed by atoms with E-state index in [0.29, 0.717) is 28.2 Å². The molecule has 8 rings (SSSR count). The van der Waals surface area contributed by atoms with Crippen LogP contribution in [0.25, 0.3) is 72.7 Å². The van der Waals surface area contributed by atoms with Gasteiger partial charge in [0.1, 0.15) is 11.6 Å². The highest BCUT2D eigenvalue weighted by atomic mass is 16.3. The lowest BCUT2D eigenvalue weighted by Gasteiger charge is -2.22. The van der Waals surface area contributed by atoms with Gasteiger partial charge in [0, 0.05) is 35.3 Å². The van der Waals surface area contributed by atoms with Gasteiger partial charge in [-0.05, 0) is 117 Å². The third-order valence-electron chi connectivity index (χ3n) is 9.71. The van der Waals surface area contributed by atoms with E-state index in [1.54, 1.807) is 18.2 Å². The van der Waals surface area contributed by atoms with Crippen molar-refractivity contribution < 1.29 is 22.9 Å². The molecule has 0 unspecified atom stereocenters. The van der Waals surface area contributed by atoms with Crippen molar-refractivity contribution >= 4 is 11.0 Å². The van der Waals surface area contributed by atoms with Gasteiger partial charge in [-0.1, -0.05) is 132 Å². The molecule has 0 aliphatic heterocycles. The summed E-state index contributed by atoms with van der Waals surface area (Å²) < 4.78 is 112. The summed E-state index contributed by atoms with van der Waals surface area (Å²) in [7, 11) is 0. The van der Waals surface area contributed by atoms with E-state index < -0.39 is 61.1 Å². The van der Waals surface area contributed by atoms with Crippen LogP contribution in [-0.4, -0.2) is 19.6 Å². The van der Waals surface area contributed by atoms with Crippen LogP contribution < -0.4 is 0 Å². The zero-order valence-electron chi connectivity index (χ0n) is 43.9. The van der Waals surface area contributed by atoms with Crippen molar-refractivity contribution in [2.75, 3.05) is 0 Å². The highest BCUT2D eigenvalue weighted by Gasteiger charge is 2.23. The van der Waals surface area contributed by atoms with E-state index in [4.69, 9.17) is 22.8 Å². The van der Waals surface area contributed by atoms with Crippen molar-refractivity contribution in [2.45, 2.75) is 59.1 Å². The Balaban J connectivity index is 1.33. The predicted octanol–water partition coefficient (Wildman–Crippen LogP) is 13.4. The topological polar surface area (TPSA) is 50.9 Å². The normalized spacial score (nSPS) is 16.1. The Morgan fingerprint density at radius 1 is 0.600 bits per heavy atom. The van der Waals surface area contributed by atoms with E-state index in [0.717, 1.165) is 44.6 Å². The molecule has 4 nitrogen and oxygen atoms in total. The summed E-state index contributed by atoms with van der Waals surface area (Å²) in [6.45, 7) is -3.15. The fraction of sp³-hybridized carbons (Fsp3) is 0.176. The predicted molar refractivity (Wildman–Crippen MR) is 230 cm³/mol. The van der Waals surface area contributed by atoms with E-state index in [1.807, 2.05) is 67.6 Å². The smallest absolute Gasteiger partial charge is 0.149 e. The lowest BCUT2D eigenvalue weighted by Crippen LogP contribution is -2.11. The number of aromatic hydroxyl groups is 1. The molecule has 8 aromatic rings. The number of para-hydroxylation sites is 2. The number of nitrogens with zero attached hydrogens (tertiary/aromatic N) is 3. The van der Waals surface area contributed by atoms with Crippen LogP contribution in [0.2, 0.25) is 0 Å². The van der Waals surface area contributed by atoms with Crippen molar-refractivity contribution in [3.05, 3.63) is 168 Å². The number of benzene rings is 6. The van der Waals surface area contributed by atoms with Crippen LogP contribution in [0.3, 0.4) is 0 Å². The van der Waals surface area contributed by atoms with E-state index in [9.17, 15) is 5.11 Å². The van der Waals surface area contributed by atoms with Gasteiger partial charge < -0.3 is 5.11 Å². The van der Waals surface area contributed by atoms with Gasteiger partial charge in [-0.2, -0.15) is 0 Å². The van der Waals surface area contributed by atoms with Crippen LogP contribution in [0.5, 0.6) is 5.75 Å². The molecule has 1 N–H and O–H groups in total. The molecule has 2 aromatic heterocycles. The van der Waals surface area contributed by atoms with Crippen LogP contribution in [0.4, 0.5) is 0 Å². The van der Waals surface area contributed by atoms with Crippen molar-refractivity contribution in [1.82, 2.24) is 14.5 Å². The molecule has 0 atom stereocenters. The molecule has 4 heteroatoms. The summed E-state index contributed by atoms with van der Waals surface area (Å²) >= 11 is 0. The minimum atomic E-state index is -3.80. The maximum atomic E-state index is 11.3. The average Bonchev–Trinajstić information content (AvgIpc) is 3.65. The van der Waals surface area contributed by atoms with Crippen LogP contribution in [0.15, 0.2) is 152 Å². The number of pyridine rings is 1.